The van der Waals surface area contributed by atoms with Crippen LogP contribution in [0.3, 0.4) is 0 Å². The first-order valence-electron chi connectivity index (χ1n) is 6.16. The highest BCUT2D eigenvalue weighted by molar-refractivity contribution is 6.29. The summed E-state index contributed by atoms with van der Waals surface area (Å²) in [5, 5.41) is 9.51. The third-order valence-corrected chi connectivity index (χ3v) is 3.04. The van der Waals surface area contributed by atoms with Gasteiger partial charge in [0.2, 0.25) is 0 Å². The third-order valence-electron chi connectivity index (χ3n) is 2.83. The number of carbonyl (C=O) groups is 1. The van der Waals surface area contributed by atoms with Crippen LogP contribution in [0.2, 0.25) is 5.15 Å². The lowest BCUT2D eigenvalue weighted by atomic mass is 10.2. The lowest BCUT2D eigenvalue weighted by Crippen LogP contribution is -2.26. The fourth-order valence-corrected chi connectivity index (χ4v) is 2.00. The maximum atomic E-state index is 11.3. The largest absolute Gasteiger partial charge is 0.478 e. The maximum Gasteiger partial charge on any atom is 0.339 e. The molecule has 1 N–H and O–H groups in total. The van der Waals surface area contributed by atoms with Gasteiger partial charge < -0.3 is 10.0 Å². The van der Waals surface area contributed by atoms with Crippen LogP contribution in [0.5, 0.6) is 0 Å². The van der Waals surface area contributed by atoms with E-state index < -0.39 is 5.97 Å². The van der Waals surface area contributed by atoms with Crippen LogP contribution in [-0.2, 0) is 6.54 Å². The van der Waals surface area contributed by atoms with Crippen molar-refractivity contribution < 1.29 is 9.90 Å². The van der Waals surface area contributed by atoms with Crippen LogP contribution in [0.25, 0.3) is 0 Å². The topological polar surface area (TPSA) is 66.3 Å². The monoisotopic (exact) mass is 291 g/mol. The van der Waals surface area contributed by atoms with Gasteiger partial charge in [-0.15, -0.1) is 0 Å². The highest BCUT2D eigenvalue weighted by Gasteiger charge is 2.17. The number of hydrogen-bond donors (Lipinski definition) is 1. The molecule has 0 unspecified atom stereocenters. The first-order chi connectivity index (χ1) is 9.61. The zero-order chi connectivity index (χ0) is 14.5. The molecule has 0 aliphatic carbocycles. The number of carboxylic acids is 1. The Morgan fingerprint density at radius 1 is 1.35 bits per heavy atom. The summed E-state index contributed by atoms with van der Waals surface area (Å²) in [5.74, 6) is -0.665. The van der Waals surface area contributed by atoms with Crippen molar-refractivity contribution in [2.75, 3.05) is 11.4 Å². The molecule has 0 radical (unpaired) electrons. The smallest absolute Gasteiger partial charge is 0.339 e. The SMILES string of the molecule is CCN(Cc1ccccn1)c1nc(Cl)ccc1C(=O)O. The van der Waals surface area contributed by atoms with Crippen molar-refractivity contribution in [1.82, 2.24) is 9.97 Å². The molecule has 0 bridgehead atoms. The van der Waals surface area contributed by atoms with Gasteiger partial charge in [0, 0.05) is 12.7 Å². The first kappa shape index (κ1) is 14.3. The van der Waals surface area contributed by atoms with Crippen molar-refractivity contribution in [2.24, 2.45) is 0 Å². The zero-order valence-electron chi connectivity index (χ0n) is 11.0. The fraction of sp³-hybridized carbons (Fsp3) is 0.214. The van der Waals surface area contributed by atoms with E-state index in [1.54, 1.807) is 6.20 Å². The molecule has 0 fully saturated rings. The predicted octanol–water partition coefficient (Wildman–Crippen LogP) is 2.85. The summed E-state index contributed by atoms with van der Waals surface area (Å²) in [5.41, 5.74) is 0.972. The molecule has 0 saturated heterocycles. The van der Waals surface area contributed by atoms with Crippen LogP contribution < -0.4 is 4.90 Å². The molecular formula is C14H14ClN3O2. The Morgan fingerprint density at radius 2 is 2.15 bits per heavy atom. The van der Waals surface area contributed by atoms with Crippen molar-refractivity contribution >= 4 is 23.4 Å². The van der Waals surface area contributed by atoms with E-state index in [0.29, 0.717) is 18.9 Å². The zero-order valence-corrected chi connectivity index (χ0v) is 11.7. The lowest BCUT2D eigenvalue weighted by Gasteiger charge is -2.23. The van der Waals surface area contributed by atoms with Crippen molar-refractivity contribution in [1.29, 1.82) is 0 Å². The molecule has 104 valence electrons. The molecule has 0 saturated carbocycles. The van der Waals surface area contributed by atoms with Crippen LogP contribution in [-0.4, -0.2) is 27.6 Å². The molecule has 6 heteroatoms. The molecule has 0 spiro atoms. The molecule has 2 rings (SSSR count). The van der Waals surface area contributed by atoms with Gasteiger partial charge in [0.1, 0.15) is 16.5 Å². The number of halogens is 1. The second kappa shape index (κ2) is 6.34. The van der Waals surface area contributed by atoms with E-state index in [1.165, 1.54) is 12.1 Å². The van der Waals surface area contributed by atoms with Crippen molar-refractivity contribution in [3.05, 3.63) is 52.9 Å². The van der Waals surface area contributed by atoms with Crippen LogP contribution in [0.15, 0.2) is 36.5 Å². The Balaban J connectivity index is 2.36. The van der Waals surface area contributed by atoms with Gasteiger partial charge in [-0.05, 0) is 31.2 Å². The molecule has 2 heterocycles. The van der Waals surface area contributed by atoms with E-state index >= 15 is 0 Å². The van der Waals surface area contributed by atoms with Crippen molar-refractivity contribution in [2.45, 2.75) is 13.5 Å². The van der Waals surface area contributed by atoms with Crippen molar-refractivity contribution in [3.63, 3.8) is 0 Å². The molecule has 0 amide bonds. The second-order valence-corrected chi connectivity index (χ2v) is 4.53. The number of carboxylic acid groups (broad SMARTS) is 1. The van der Waals surface area contributed by atoms with Gasteiger partial charge in [-0.1, -0.05) is 17.7 Å². The summed E-state index contributed by atoms with van der Waals surface area (Å²) in [6.45, 7) is 3.01. The van der Waals surface area contributed by atoms with Gasteiger partial charge in [0.15, 0.2) is 0 Å². The van der Waals surface area contributed by atoms with E-state index in [4.69, 9.17) is 11.6 Å². The number of aromatic carboxylic acids is 1. The average Bonchev–Trinajstić information content (AvgIpc) is 2.45. The minimum absolute atomic E-state index is 0.132. The Morgan fingerprint density at radius 3 is 2.75 bits per heavy atom. The molecule has 0 aromatic carbocycles. The Hall–Kier alpha value is -2.14. The van der Waals surface area contributed by atoms with Crippen LogP contribution in [0.1, 0.15) is 23.0 Å². The molecular weight excluding hydrogens is 278 g/mol. The third kappa shape index (κ3) is 3.24. The molecule has 0 aliphatic rings. The molecule has 20 heavy (non-hydrogen) atoms. The second-order valence-electron chi connectivity index (χ2n) is 4.15. The predicted molar refractivity (Wildman–Crippen MR) is 77.2 cm³/mol. The van der Waals surface area contributed by atoms with Gasteiger partial charge in [-0.25, -0.2) is 9.78 Å². The number of nitrogens with zero attached hydrogens (tertiary/aromatic N) is 3. The number of anilines is 1. The molecule has 5 nitrogen and oxygen atoms in total. The number of hydrogen-bond acceptors (Lipinski definition) is 4. The minimum Gasteiger partial charge on any atom is -0.478 e. The van der Waals surface area contributed by atoms with Crippen LogP contribution >= 0.6 is 11.6 Å². The van der Waals surface area contributed by atoms with Crippen LogP contribution in [0.4, 0.5) is 5.82 Å². The van der Waals surface area contributed by atoms with Gasteiger partial charge in [0.05, 0.1) is 12.2 Å². The van der Waals surface area contributed by atoms with Gasteiger partial charge in [-0.3, -0.25) is 4.98 Å². The summed E-state index contributed by atoms with van der Waals surface area (Å²) in [4.78, 5) is 21.5. The summed E-state index contributed by atoms with van der Waals surface area (Å²) < 4.78 is 0. The van der Waals surface area contributed by atoms with Crippen LogP contribution in [0, 0.1) is 0 Å². The molecule has 0 aliphatic heterocycles. The summed E-state index contributed by atoms with van der Waals surface area (Å²) in [7, 11) is 0. The average molecular weight is 292 g/mol. The van der Waals surface area contributed by atoms with Gasteiger partial charge >= 0.3 is 5.97 Å². The first-order valence-corrected chi connectivity index (χ1v) is 6.54. The van der Waals surface area contributed by atoms with E-state index in [1.807, 2.05) is 30.0 Å². The number of aromatic nitrogens is 2. The Kier molecular flexibility index (Phi) is 4.53. The molecule has 0 atom stereocenters. The lowest BCUT2D eigenvalue weighted by molar-refractivity contribution is 0.0697. The summed E-state index contributed by atoms with van der Waals surface area (Å²) >= 11 is 5.88. The van der Waals surface area contributed by atoms with Gasteiger partial charge in [0.25, 0.3) is 0 Å². The van der Waals surface area contributed by atoms with E-state index in [-0.39, 0.29) is 10.7 Å². The van der Waals surface area contributed by atoms with E-state index in [0.717, 1.165) is 5.69 Å². The Bertz CT molecular complexity index is 605. The Labute approximate surface area is 121 Å². The quantitative estimate of drug-likeness (QED) is 0.858. The summed E-state index contributed by atoms with van der Waals surface area (Å²) in [6, 6.07) is 8.55. The standard InChI is InChI=1S/C14H14ClN3O2/c1-2-18(9-10-5-3-4-8-16-10)13-11(14(19)20)6-7-12(15)17-13/h3-8H,2,9H2,1H3,(H,19,20). The highest BCUT2D eigenvalue weighted by Crippen LogP contribution is 2.22. The van der Waals surface area contributed by atoms with Crippen molar-refractivity contribution in [3.8, 4) is 0 Å². The van der Waals surface area contributed by atoms with E-state index in [9.17, 15) is 9.90 Å². The molecule has 2 aromatic heterocycles. The number of rotatable bonds is 5. The van der Waals surface area contributed by atoms with E-state index in [2.05, 4.69) is 9.97 Å². The number of pyridine rings is 2. The normalized spacial score (nSPS) is 10.3. The minimum atomic E-state index is -1.02. The summed E-state index contributed by atoms with van der Waals surface area (Å²) in [6.07, 6.45) is 1.70. The fourth-order valence-electron chi connectivity index (χ4n) is 1.86. The maximum absolute atomic E-state index is 11.3. The highest BCUT2D eigenvalue weighted by atomic mass is 35.5. The molecule has 2 aromatic rings. The van der Waals surface area contributed by atoms with Gasteiger partial charge in [-0.2, -0.15) is 0 Å².